The summed E-state index contributed by atoms with van der Waals surface area (Å²) in [4.78, 5) is 7.22. The summed E-state index contributed by atoms with van der Waals surface area (Å²) in [5, 5.41) is 3.42. The average Bonchev–Trinajstić information content (AvgIpc) is 2.78. The number of hydrogen-bond acceptors (Lipinski definition) is 2. The molecule has 2 atom stereocenters. The van der Waals surface area contributed by atoms with Crippen molar-refractivity contribution in [3.63, 3.8) is 0 Å². The summed E-state index contributed by atoms with van der Waals surface area (Å²) >= 11 is 0. The van der Waals surface area contributed by atoms with E-state index in [1.54, 1.807) is 6.33 Å². The van der Waals surface area contributed by atoms with Crippen LogP contribution in [-0.2, 0) is 0 Å². The minimum absolute atomic E-state index is 0. The van der Waals surface area contributed by atoms with Crippen molar-refractivity contribution in [1.29, 1.82) is 0 Å². The van der Waals surface area contributed by atoms with Gasteiger partial charge in [0, 0.05) is 6.54 Å². The third-order valence-electron chi connectivity index (χ3n) is 3.13. The standard InChI is InChI=1S/C10H13N3.ClH/c1-7(10-5-12-6-13-10)2-9-4-11-3-8(1)9;/h1,5-6,8-9,11H,2-4H2,(H,12,13);1H/t8-,9+;/m1./s1. The van der Waals surface area contributed by atoms with E-state index < -0.39 is 0 Å². The van der Waals surface area contributed by atoms with Gasteiger partial charge in [0.15, 0.2) is 0 Å². The first-order valence-corrected chi connectivity index (χ1v) is 4.83. The molecule has 0 unspecified atom stereocenters. The molecule has 3 nitrogen and oxygen atoms in total. The van der Waals surface area contributed by atoms with Gasteiger partial charge in [-0.15, -0.1) is 12.4 Å². The molecule has 14 heavy (non-hydrogen) atoms. The number of imidazole rings is 1. The molecule has 4 heteroatoms. The largest absolute Gasteiger partial charge is 0.345 e. The fourth-order valence-electron chi connectivity index (χ4n) is 2.41. The van der Waals surface area contributed by atoms with E-state index in [9.17, 15) is 0 Å². The Morgan fingerprint density at radius 3 is 3.00 bits per heavy atom. The third-order valence-corrected chi connectivity index (χ3v) is 3.13. The number of rotatable bonds is 1. The van der Waals surface area contributed by atoms with Crippen LogP contribution in [0.2, 0.25) is 0 Å². The van der Waals surface area contributed by atoms with E-state index in [-0.39, 0.29) is 12.4 Å². The Kier molecular flexibility index (Phi) is 2.61. The quantitative estimate of drug-likeness (QED) is 0.739. The summed E-state index contributed by atoms with van der Waals surface area (Å²) < 4.78 is 0. The lowest BCUT2D eigenvalue weighted by Crippen LogP contribution is -2.09. The molecule has 1 aromatic heterocycles. The van der Waals surface area contributed by atoms with Crippen LogP contribution in [0, 0.1) is 11.8 Å². The van der Waals surface area contributed by atoms with Crippen molar-refractivity contribution < 1.29 is 0 Å². The van der Waals surface area contributed by atoms with E-state index >= 15 is 0 Å². The molecule has 2 N–H and O–H groups in total. The molecule has 0 amide bonds. The second-order valence-corrected chi connectivity index (χ2v) is 3.94. The van der Waals surface area contributed by atoms with Crippen LogP contribution in [0.3, 0.4) is 0 Å². The summed E-state index contributed by atoms with van der Waals surface area (Å²) in [6, 6.07) is 0. The number of hydrogen-bond donors (Lipinski definition) is 2. The molecule has 1 aliphatic heterocycles. The topological polar surface area (TPSA) is 40.7 Å². The molecule has 0 spiro atoms. The summed E-state index contributed by atoms with van der Waals surface area (Å²) in [5.74, 6) is 1.59. The normalized spacial score (nSPS) is 29.6. The first-order valence-electron chi connectivity index (χ1n) is 4.83. The van der Waals surface area contributed by atoms with Crippen molar-refractivity contribution in [2.24, 2.45) is 11.8 Å². The Morgan fingerprint density at radius 2 is 2.29 bits per heavy atom. The minimum Gasteiger partial charge on any atom is -0.345 e. The van der Waals surface area contributed by atoms with E-state index in [1.165, 1.54) is 24.2 Å². The van der Waals surface area contributed by atoms with E-state index in [0.717, 1.165) is 18.4 Å². The van der Waals surface area contributed by atoms with Gasteiger partial charge in [0.25, 0.3) is 0 Å². The smallest absolute Gasteiger partial charge is 0.0924 e. The maximum Gasteiger partial charge on any atom is 0.0924 e. The van der Waals surface area contributed by atoms with E-state index in [1.807, 2.05) is 6.20 Å². The van der Waals surface area contributed by atoms with Crippen LogP contribution in [-0.4, -0.2) is 23.1 Å². The summed E-state index contributed by atoms with van der Waals surface area (Å²) in [7, 11) is 0. The molecule has 0 bridgehead atoms. The molecule has 1 saturated heterocycles. The Bertz CT molecular complexity index is 331. The third kappa shape index (κ3) is 1.47. The number of fused-ring (bicyclic) bond motifs is 1. The maximum absolute atomic E-state index is 4.05. The lowest BCUT2D eigenvalue weighted by molar-refractivity contribution is 0.536. The Labute approximate surface area is 89.4 Å². The first-order chi connectivity index (χ1) is 6.43. The van der Waals surface area contributed by atoms with Crippen molar-refractivity contribution in [2.45, 2.75) is 6.42 Å². The Morgan fingerprint density at radius 1 is 1.36 bits per heavy atom. The van der Waals surface area contributed by atoms with Gasteiger partial charge in [-0.3, -0.25) is 0 Å². The highest BCUT2D eigenvalue weighted by molar-refractivity contribution is 5.85. The average molecular weight is 212 g/mol. The number of aromatic amines is 1. The second kappa shape index (κ2) is 3.75. The highest BCUT2D eigenvalue weighted by Gasteiger charge is 2.31. The van der Waals surface area contributed by atoms with Crippen LogP contribution in [0.15, 0.2) is 18.6 Å². The molecular formula is C10H14ClN3. The van der Waals surface area contributed by atoms with E-state index in [2.05, 4.69) is 21.4 Å². The predicted molar refractivity (Wildman–Crippen MR) is 58.3 cm³/mol. The van der Waals surface area contributed by atoms with Crippen LogP contribution in [0.25, 0.3) is 5.57 Å². The number of aromatic nitrogens is 2. The van der Waals surface area contributed by atoms with Crippen molar-refractivity contribution in [2.75, 3.05) is 13.1 Å². The monoisotopic (exact) mass is 211 g/mol. The van der Waals surface area contributed by atoms with Gasteiger partial charge < -0.3 is 10.3 Å². The zero-order valence-electron chi connectivity index (χ0n) is 7.86. The number of halogens is 1. The number of nitrogens with one attached hydrogen (secondary N) is 2. The molecule has 0 radical (unpaired) electrons. The molecule has 3 rings (SSSR count). The fraction of sp³-hybridized carbons (Fsp3) is 0.500. The molecule has 0 aromatic carbocycles. The molecule has 1 fully saturated rings. The minimum atomic E-state index is 0. The molecule has 1 aromatic rings. The van der Waals surface area contributed by atoms with Crippen molar-refractivity contribution in [3.8, 4) is 0 Å². The predicted octanol–water partition coefficient (Wildman–Crippen LogP) is 1.45. The first kappa shape index (κ1) is 9.74. The van der Waals surface area contributed by atoms with Crippen molar-refractivity contribution in [1.82, 2.24) is 15.3 Å². The molecule has 2 aliphatic rings. The Balaban J connectivity index is 0.000000750. The molecular weight excluding hydrogens is 198 g/mol. The van der Waals surface area contributed by atoms with E-state index in [4.69, 9.17) is 0 Å². The summed E-state index contributed by atoms with van der Waals surface area (Å²) in [6.45, 7) is 2.33. The lowest BCUT2D eigenvalue weighted by atomic mass is 9.99. The van der Waals surface area contributed by atoms with Crippen molar-refractivity contribution >= 4 is 18.0 Å². The zero-order valence-corrected chi connectivity index (χ0v) is 8.68. The number of allylic oxidation sites excluding steroid dienone is 1. The van der Waals surface area contributed by atoms with Crippen molar-refractivity contribution in [3.05, 3.63) is 24.3 Å². The molecule has 0 saturated carbocycles. The SMILES string of the molecule is C1=C(c2cnc[nH]2)C[C@H]2CNC[C@@H]12.Cl. The Hall–Kier alpha value is -0.800. The molecule has 2 heterocycles. The number of nitrogens with zero attached hydrogens (tertiary/aromatic N) is 1. The lowest BCUT2D eigenvalue weighted by Gasteiger charge is -2.04. The van der Waals surface area contributed by atoms with E-state index in [0.29, 0.717) is 0 Å². The maximum atomic E-state index is 4.05. The summed E-state index contributed by atoms with van der Waals surface area (Å²) in [6.07, 6.45) is 7.28. The molecule has 1 aliphatic carbocycles. The van der Waals surface area contributed by atoms with Gasteiger partial charge in [-0.25, -0.2) is 4.98 Å². The van der Waals surface area contributed by atoms with Crippen LogP contribution in [0.5, 0.6) is 0 Å². The molecule has 76 valence electrons. The van der Waals surface area contributed by atoms with Gasteiger partial charge >= 0.3 is 0 Å². The zero-order chi connectivity index (χ0) is 8.67. The van der Waals surface area contributed by atoms with Gasteiger partial charge in [-0.2, -0.15) is 0 Å². The van der Waals surface area contributed by atoms with Gasteiger partial charge in [0.2, 0.25) is 0 Å². The highest BCUT2D eigenvalue weighted by Crippen LogP contribution is 2.37. The van der Waals surface area contributed by atoms with Gasteiger partial charge in [-0.05, 0) is 30.4 Å². The summed E-state index contributed by atoms with van der Waals surface area (Å²) in [5.41, 5.74) is 2.66. The number of H-pyrrole nitrogens is 1. The van der Waals surface area contributed by atoms with Crippen LogP contribution in [0.4, 0.5) is 0 Å². The highest BCUT2D eigenvalue weighted by atomic mass is 35.5. The van der Waals surface area contributed by atoms with Gasteiger partial charge in [0.05, 0.1) is 18.2 Å². The van der Waals surface area contributed by atoms with Crippen LogP contribution in [0.1, 0.15) is 12.1 Å². The van der Waals surface area contributed by atoms with Gasteiger partial charge in [-0.1, -0.05) is 6.08 Å². The van der Waals surface area contributed by atoms with Crippen LogP contribution >= 0.6 is 12.4 Å². The van der Waals surface area contributed by atoms with Gasteiger partial charge in [0.1, 0.15) is 0 Å². The fourth-order valence-corrected chi connectivity index (χ4v) is 2.41. The second-order valence-electron chi connectivity index (χ2n) is 3.94. The van der Waals surface area contributed by atoms with Crippen LogP contribution < -0.4 is 5.32 Å².